The second-order valence-electron chi connectivity index (χ2n) is 3.68. The predicted octanol–water partition coefficient (Wildman–Crippen LogP) is -1.27. The van der Waals surface area contributed by atoms with E-state index in [1.807, 2.05) is 0 Å². The van der Waals surface area contributed by atoms with Gasteiger partial charge in [0.05, 0.1) is 6.10 Å². The van der Waals surface area contributed by atoms with Crippen molar-refractivity contribution in [3.63, 3.8) is 0 Å². The fourth-order valence-corrected chi connectivity index (χ4v) is 3.51. The molecule has 0 saturated heterocycles. The van der Waals surface area contributed by atoms with Crippen molar-refractivity contribution in [1.29, 1.82) is 0 Å². The number of aromatic nitrogens is 1. The Morgan fingerprint density at radius 1 is 1.59 bits per heavy atom. The number of aromatic amines is 1. The van der Waals surface area contributed by atoms with Gasteiger partial charge in [-0.15, -0.1) is 0 Å². The number of H-pyrrole nitrogens is 1. The molecule has 0 aromatic carbocycles. The van der Waals surface area contributed by atoms with E-state index in [0.717, 1.165) is 0 Å². The number of aliphatic hydroxyl groups is 1. The topological polar surface area (TPSA) is 125 Å². The minimum absolute atomic E-state index is 0.0553. The SMILES string of the molecule is Cc1[nH]c(=O)sc1S(=O)(=O)NCC(N)C(C)O. The maximum absolute atomic E-state index is 11.8. The molecule has 0 saturated carbocycles. The van der Waals surface area contributed by atoms with Crippen LogP contribution in [0, 0.1) is 6.92 Å². The average molecular weight is 281 g/mol. The van der Waals surface area contributed by atoms with Crippen molar-refractivity contribution in [2.75, 3.05) is 6.54 Å². The highest BCUT2D eigenvalue weighted by molar-refractivity contribution is 7.91. The third-order valence-corrected chi connectivity index (χ3v) is 5.18. The first kappa shape index (κ1) is 14.3. The molecule has 1 heterocycles. The van der Waals surface area contributed by atoms with Crippen molar-refractivity contribution in [3.05, 3.63) is 15.4 Å². The van der Waals surface area contributed by atoms with E-state index in [-0.39, 0.29) is 16.4 Å². The van der Waals surface area contributed by atoms with E-state index < -0.39 is 27.0 Å². The number of thiazole rings is 1. The van der Waals surface area contributed by atoms with Crippen LogP contribution in [0.1, 0.15) is 12.6 Å². The molecule has 5 N–H and O–H groups in total. The molecule has 9 heteroatoms. The molecular weight excluding hydrogens is 266 g/mol. The molecule has 1 aromatic rings. The van der Waals surface area contributed by atoms with Crippen molar-refractivity contribution in [2.45, 2.75) is 30.2 Å². The van der Waals surface area contributed by atoms with Gasteiger partial charge < -0.3 is 15.8 Å². The van der Waals surface area contributed by atoms with Crippen LogP contribution in [0.25, 0.3) is 0 Å². The Kier molecular flexibility index (Phi) is 4.44. The lowest BCUT2D eigenvalue weighted by molar-refractivity contribution is 0.164. The van der Waals surface area contributed by atoms with Crippen molar-refractivity contribution >= 4 is 21.4 Å². The molecule has 7 nitrogen and oxygen atoms in total. The molecule has 2 atom stereocenters. The number of nitrogens with two attached hydrogens (primary N) is 1. The second-order valence-corrected chi connectivity index (χ2v) is 6.63. The van der Waals surface area contributed by atoms with Crippen LogP contribution in [0.15, 0.2) is 9.00 Å². The number of aliphatic hydroxyl groups excluding tert-OH is 1. The van der Waals surface area contributed by atoms with Gasteiger partial charge in [0.1, 0.15) is 0 Å². The molecule has 0 aliphatic heterocycles. The van der Waals surface area contributed by atoms with Gasteiger partial charge in [0.25, 0.3) is 10.0 Å². The van der Waals surface area contributed by atoms with E-state index >= 15 is 0 Å². The number of sulfonamides is 1. The smallest absolute Gasteiger partial charge is 0.305 e. The Labute approximate surface area is 103 Å². The Hall–Kier alpha value is -0.740. The molecule has 1 rings (SSSR count). The standard InChI is InChI=1S/C8H15N3O4S2/c1-4-7(16-8(13)11-4)17(14,15)10-3-6(9)5(2)12/h5-6,10,12H,3,9H2,1-2H3,(H,11,13). The Balaban J connectivity index is 2.83. The number of nitrogens with one attached hydrogen (secondary N) is 2. The molecule has 0 fully saturated rings. The minimum Gasteiger partial charge on any atom is -0.392 e. The maximum Gasteiger partial charge on any atom is 0.305 e. The fraction of sp³-hybridized carbons (Fsp3) is 0.625. The Morgan fingerprint density at radius 2 is 2.18 bits per heavy atom. The number of rotatable bonds is 5. The molecule has 2 unspecified atom stereocenters. The molecule has 1 aromatic heterocycles. The fourth-order valence-electron chi connectivity index (χ4n) is 1.09. The van der Waals surface area contributed by atoms with Crippen molar-refractivity contribution < 1.29 is 13.5 Å². The zero-order valence-corrected chi connectivity index (χ0v) is 11.1. The van der Waals surface area contributed by atoms with E-state index in [1.54, 1.807) is 0 Å². The zero-order chi connectivity index (χ0) is 13.2. The third kappa shape index (κ3) is 3.61. The van der Waals surface area contributed by atoms with Crippen molar-refractivity contribution in [3.8, 4) is 0 Å². The van der Waals surface area contributed by atoms with Crippen LogP contribution in [-0.2, 0) is 10.0 Å². The van der Waals surface area contributed by atoms with Crippen LogP contribution in [0.2, 0.25) is 0 Å². The Morgan fingerprint density at radius 3 is 2.59 bits per heavy atom. The van der Waals surface area contributed by atoms with Gasteiger partial charge in [-0.2, -0.15) is 0 Å². The van der Waals surface area contributed by atoms with Gasteiger partial charge in [-0.05, 0) is 13.8 Å². The number of hydrogen-bond donors (Lipinski definition) is 4. The third-order valence-electron chi connectivity index (χ3n) is 2.15. The first-order valence-electron chi connectivity index (χ1n) is 4.87. The van der Waals surface area contributed by atoms with E-state index in [2.05, 4.69) is 9.71 Å². The second kappa shape index (κ2) is 5.27. The molecule has 17 heavy (non-hydrogen) atoms. The summed E-state index contributed by atoms with van der Waals surface area (Å²) in [5.74, 6) is 0. The van der Waals surface area contributed by atoms with Gasteiger partial charge in [0.15, 0.2) is 4.21 Å². The number of hydrogen-bond acceptors (Lipinski definition) is 6. The van der Waals surface area contributed by atoms with Crippen molar-refractivity contribution in [1.82, 2.24) is 9.71 Å². The lowest BCUT2D eigenvalue weighted by Crippen LogP contribution is -2.43. The first-order valence-corrected chi connectivity index (χ1v) is 7.17. The quantitative estimate of drug-likeness (QED) is 0.535. The summed E-state index contributed by atoms with van der Waals surface area (Å²) in [6.45, 7) is 2.88. The molecule has 0 amide bonds. The summed E-state index contributed by atoms with van der Waals surface area (Å²) in [6, 6.07) is -0.694. The van der Waals surface area contributed by atoms with E-state index in [4.69, 9.17) is 10.8 Å². The summed E-state index contributed by atoms with van der Waals surface area (Å²) in [4.78, 5) is 13.0. The average Bonchev–Trinajstić information content (AvgIpc) is 2.55. The van der Waals surface area contributed by atoms with E-state index in [0.29, 0.717) is 11.3 Å². The molecule has 0 bridgehead atoms. The lowest BCUT2D eigenvalue weighted by Gasteiger charge is -2.14. The monoisotopic (exact) mass is 281 g/mol. The van der Waals surface area contributed by atoms with Crippen LogP contribution >= 0.6 is 11.3 Å². The molecule has 0 spiro atoms. The summed E-state index contributed by atoms with van der Waals surface area (Å²) >= 11 is 0.616. The van der Waals surface area contributed by atoms with Crippen LogP contribution in [0.5, 0.6) is 0 Å². The predicted molar refractivity (Wildman–Crippen MR) is 64.5 cm³/mol. The van der Waals surface area contributed by atoms with Gasteiger partial charge in [-0.1, -0.05) is 11.3 Å². The first-order chi connectivity index (χ1) is 7.74. The summed E-state index contributed by atoms with van der Waals surface area (Å²) < 4.78 is 25.8. The number of aryl methyl sites for hydroxylation is 1. The van der Waals surface area contributed by atoms with Gasteiger partial charge in [0.2, 0.25) is 0 Å². The summed E-state index contributed by atoms with van der Waals surface area (Å²) in [6.07, 6.45) is -0.816. The normalized spacial score (nSPS) is 15.8. The van der Waals surface area contributed by atoms with Gasteiger partial charge in [-0.25, -0.2) is 13.1 Å². The van der Waals surface area contributed by atoms with Crippen molar-refractivity contribution in [2.24, 2.45) is 5.73 Å². The Bertz CT molecular complexity index is 531. The lowest BCUT2D eigenvalue weighted by atomic mass is 10.2. The minimum atomic E-state index is -3.75. The highest BCUT2D eigenvalue weighted by atomic mass is 32.2. The van der Waals surface area contributed by atoms with Gasteiger partial charge in [0, 0.05) is 18.3 Å². The highest BCUT2D eigenvalue weighted by Crippen LogP contribution is 2.15. The van der Waals surface area contributed by atoms with Crippen LogP contribution < -0.4 is 15.3 Å². The summed E-state index contributed by atoms with van der Waals surface area (Å²) in [5, 5.41) is 9.13. The van der Waals surface area contributed by atoms with Crippen LogP contribution in [-0.4, -0.2) is 37.2 Å². The van der Waals surface area contributed by atoms with Crippen LogP contribution in [0.3, 0.4) is 0 Å². The zero-order valence-electron chi connectivity index (χ0n) is 9.43. The van der Waals surface area contributed by atoms with E-state index in [1.165, 1.54) is 13.8 Å². The molecule has 98 valence electrons. The highest BCUT2D eigenvalue weighted by Gasteiger charge is 2.21. The van der Waals surface area contributed by atoms with E-state index in [9.17, 15) is 13.2 Å². The summed E-state index contributed by atoms with van der Waals surface area (Å²) in [5.41, 5.74) is 5.79. The van der Waals surface area contributed by atoms with Gasteiger partial charge >= 0.3 is 4.87 Å². The summed E-state index contributed by atoms with van der Waals surface area (Å²) in [7, 11) is -3.75. The van der Waals surface area contributed by atoms with Crippen LogP contribution in [0.4, 0.5) is 0 Å². The molecule has 0 aliphatic carbocycles. The molecule has 0 radical (unpaired) electrons. The molecule has 0 aliphatic rings. The van der Waals surface area contributed by atoms with Gasteiger partial charge in [-0.3, -0.25) is 4.79 Å². The maximum atomic E-state index is 11.8. The molecular formula is C8H15N3O4S2. The largest absolute Gasteiger partial charge is 0.392 e.